The predicted octanol–water partition coefficient (Wildman–Crippen LogP) is 3.26. The first-order valence-electron chi connectivity index (χ1n) is 8.36. The molecule has 0 atom stereocenters. The number of nitrogens with zero attached hydrogens (tertiary/aromatic N) is 1. The van der Waals surface area contributed by atoms with Crippen molar-refractivity contribution in [1.29, 1.82) is 0 Å². The van der Waals surface area contributed by atoms with Crippen LogP contribution in [0.25, 0.3) is 0 Å². The Kier molecular flexibility index (Phi) is 4.95. The molecule has 0 spiro atoms. The zero-order chi connectivity index (χ0) is 19.7. The Morgan fingerprint density at radius 2 is 1.50 bits per heavy atom. The quantitative estimate of drug-likeness (QED) is 0.396. The summed E-state index contributed by atoms with van der Waals surface area (Å²) in [5.41, 5.74) is 0.0243. The van der Waals surface area contributed by atoms with Crippen molar-refractivity contribution in [3.63, 3.8) is 0 Å². The van der Waals surface area contributed by atoms with Gasteiger partial charge in [-0.3, -0.25) is 10.1 Å². The number of ether oxygens (including phenoxy) is 5. The molecule has 0 amide bonds. The largest absolute Gasteiger partial charge is 0.486 e. The van der Waals surface area contributed by atoms with Crippen molar-refractivity contribution in [1.82, 2.24) is 0 Å². The Morgan fingerprint density at radius 3 is 2.11 bits per heavy atom. The van der Waals surface area contributed by atoms with Crippen molar-refractivity contribution < 1.29 is 33.4 Å². The molecule has 0 saturated heterocycles. The molecule has 0 saturated carbocycles. The van der Waals surface area contributed by atoms with Crippen LogP contribution in [0, 0.1) is 10.1 Å². The van der Waals surface area contributed by atoms with Gasteiger partial charge in [-0.1, -0.05) is 15.9 Å². The van der Waals surface area contributed by atoms with Crippen LogP contribution in [0.5, 0.6) is 23.0 Å². The lowest BCUT2D eigenvalue weighted by Gasteiger charge is -2.20. The fourth-order valence-electron chi connectivity index (χ4n) is 2.83. The SMILES string of the molecule is O=C(OCc1cc2c(cc1Br)OCCO2)c1cc2c(cc1[N+](=O)[O-])OCCO2. The normalized spacial score (nSPS) is 14.3. The van der Waals surface area contributed by atoms with E-state index in [1.165, 1.54) is 12.1 Å². The third-order valence-corrected chi connectivity index (χ3v) is 4.89. The monoisotopic (exact) mass is 451 g/mol. The molecule has 4 rings (SSSR count). The van der Waals surface area contributed by atoms with Gasteiger partial charge in [-0.2, -0.15) is 0 Å². The molecule has 0 radical (unpaired) electrons. The fourth-order valence-corrected chi connectivity index (χ4v) is 3.27. The zero-order valence-electron chi connectivity index (χ0n) is 14.4. The van der Waals surface area contributed by atoms with E-state index in [9.17, 15) is 14.9 Å². The van der Waals surface area contributed by atoms with Gasteiger partial charge in [0.25, 0.3) is 5.69 Å². The molecule has 2 aliphatic heterocycles. The first-order valence-corrected chi connectivity index (χ1v) is 9.15. The molecule has 0 N–H and O–H groups in total. The van der Waals surface area contributed by atoms with Crippen molar-refractivity contribution in [3.05, 3.63) is 50.0 Å². The molecule has 0 unspecified atom stereocenters. The lowest BCUT2D eigenvalue weighted by Crippen LogP contribution is -2.17. The van der Waals surface area contributed by atoms with Crippen molar-refractivity contribution in [2.75, 3.05) is 26.4 Å². The van der Waals surface area contributed by atoms with E-state index in [-0.39, 0.29) is 30.3 Å². The number of esters is 1. The third kappa shape index (κ3) is 3.55. The van der Waals surface area contributed by atoms with Crippen LogP contribution in [0.3, 0.4) is 0 Å². The molecule has 0 aliphatic carbocycles. The third-order valence-electron chi connectivity index (χ3n) is 4.15. The van der Waals surface area contributed by atoms with Crippen molar-refractivity contribution in [2.45, 2.75) is 6.61 Å². The Hall–Kier alpha value is -3.01. The highest BCUT2D eigenvalue weighted by atomic mass is 79.9. The number of carbonyl (C=O) groups excluding carboxylic acids is 1. The highest BCUT2D eigenvalue weighted by Crippen LogP contribution is 2.38. The lowest BCUT2D eigenvalue weighted by molar-refractivity contribution is -0.385. The maximum atomic E-state index is 12.5. The summed E-state index contributed by atoms with van der Waals surface area (Å²) in [5, 5.41) is 11.4. The van der Waals surface area contributed by atoms with Gasteiger partial charge in [0.2, 0.25) is 0 Å². The fraction of sp³-hybridized carbons (Fsp3) is 0.278. The Bertz CT molecular complexity index is 961. The lowest BCUT2D eigenvalue weighted by atomic mass is 10.1. The average Bonchev–Trinajstić information content (AvgIpc) is 2.70. The van der Waals surface area contributed by atoms with E-state index in [0.717, 1.165) is 0 Å². The van der Waals surface area contributed by atoms with E-state index in [1.54, 1.807) is 12.1 Å². The number of fused-ring (bicyclic) bond motifs is 2. The molecule has 0 fully saturated rings. The second-order valence-electron chi connectivity index (χ2n) is 5.93. The Balaban J connectivity index is 1.56. The van der Waals surface area contributed by atoms with Crippen LogP contribution in [-0.4, -0.2) is 37.3 Å². The van der Waals surface area contributed by atoms with Crippen LogP contribution in [0.15, 0.2) is 28.7 Å². The van der Waals surface area contributed by atoms with Crippen LogP contribution in [0.1, 0.15) is 15.9 Å². The van der Waals surface area contributed by atoms with Crippen molar-refractivity contribution in [2.24, 2.45) is 0 Å². The number of rotatable bonds is 4. The van der Waals surface area contributed by atoms with Crippen LogP contribution < -0.4 is 18.9 Å². The van der Waals surface area contributed by atoms with Gasteiger partial charge in [-0.05, 0) is 12.1 Å². The summed E-state index contributed by atoms with van der Waals surface area (Å²) in [6, 6.07) is 5.87. The second-order valence-corrected chi connectivity index (χ2v) is 6.79. The summed E-state index contributed by atoms with van der Waals surface area (Å²) in [6.45, 7) is 1.36. The number of halogens is 1. The van der Waals surface area contributed by atoms with Crippen LogP contribution in [-0.2, 0) is 11.3 Å². The minimum Gasteiger partial charge on any atom is -0.486 e. The predicted molar refractivity (Wildman–Crippen MR) is 98.3 cm³/mol. The van der Waals surface area contributed by atoms with Crippen LogP contribution >= 0.6 is 15.9 Å². The summed E-state index contributed by atoms with van der Waals surface area (Å²) >= 11 is 3.40. The number of nitro groups is 1. The first-order chi connectivity index (χ1) is 13.5. The molecule has 9 nitrogen and oxygen atoms in total. The van der Waals surface area contributed by atoms with Crippen molar-refractivity contribution >= 4 is 27.6 Å². The Labute approximate surface area is 167 Å². The summed E-state index contributed by atoms with van der Waals surface area (Å²) in [5.74, 6) is 0.792. The number of carbonyl (C=O) groups is 1. The smallest absolute Gasteiger partial charge is 0.345 e. The molecule has 28 heavy (non-hydrogen) atoms. The maximum Gasteiger partial charge on any atom is 0.345 e. The molecular formula is C18H14BrNO8. The van der Waals surface area contributed by atoms with Gasteiger partial charge in [-0.25, -0.2) is 4.79 Å². The molecule has 2 aliphatic rings. The van der Waals surface area contributed by atoms with Gasteiger partial charge in [0, 0.05) is 16.1 Å². The Morgan fingerprint density at radius 1 is 0.964 bits per heavy atom. The van der Waals surface area contributed by atoms with E-state index >= 15 is 0 Å². The van der Waals surface area contributed by atoms with Gasteiger partial charge in [0.1, 0.15) is 38.6 Å². The number of hydrogen-bond acceptors (Lipinski definition) is 8. The van der Waals surface area contributed by atoms with Gasteiger partial charge in [0.05, 0.1) is 11.0 Å². The molecule has 0 aromatic heterocycles. The molecule has 146 valence electrons. The number of nitro benzene ring substituents is 1. The van der Waals surface area contributed by atoms with Gasteiger partial charge in [-0.15, -0.1) is 0 Å². The topological polar surface area (TPSA) is 106 Å². The molecule has 2 aromatic rings. The summed E-state index contributed by atoms with van der Waals surface area (Å²) in [4.78, 5) is 23.2. The van der Waals surface area contributed by atoms with Crippen LogP contribution in [0.4, 0.5) is 5.69 Å². The zero-order valence-corrected chi connectivity index (χ0v) is 16.0. The van der Waals surface area contributed by atoms with E-state index in [2.05, 4.69) is 15.9 Å². The highest BCUT2D eigenvalue weighted by molar-refractivity contribution is 9.10. The van der Waals surface area contributed by atoms with E-state index in [1.807, 2.05) is 0 Å². The minimum absolute atomic E-state index is 0.109. The number of benzene rings is 2. The number of hydrogen-bond donors (Lipinski definition) is 0. The molecule has 2 heterocycles. The summed E-state index contributed by atoms with van der Waals surface area (Å²) in [6.07, 6.45) is 0. The van der Waals surface area contributed by atoms with E-state index in [0.29, 0.717) is 41.4 Å². The molecule has 2 aromatic carbocycles. The standard InChI is InChI=1S/C18H14BrNO8/c19-12-7-16-14(24-1-3-26-16)5-10(12)9-28-18(21)11-6-15-17(27-4-2-25-15)8-13(11)20(22)23/h5-8H,1-4,9H2. The highest BCUT2D eigenvalue weighted by Gasteiger charge is 2.27. The molecule has 10 heteroatoms. The minimum atomic E-state index is -0.842. The van der Waals surface area contributed by atoms with E-state index < -0.39 is 16.6 Å². The van der Waals surface area contributed by atoms with E-state index in [4.69, 9.17) is 23.7 Å². The van der Waals surface area contributed by atoms with Gasteiger partial charge >= 0.3 is 5.97 Å². The average molecular weight is 452 g/mol. The van der Waals surface area contributed by atoms with Gasteiger partial charge < -0.3 is 23.7 Å². The summed E-state index contributed by atoms with van der Waals surface area (Å²) in [7, 11) is 0. The first kappa shape index (κ1) is 18.4. The van der Waals surface area contributed by atoms with Crippen molar-refractivity contribution in [3.8, 4) is 23.0 Å². The van der Waals surface area contributed by atoms with Crippen LogP contribution in [0.2, 0.25) is 0 Å². The molecular weight excluding hydrogens is 438 g/mol. The molecule has 0 bridgehead atoms. The van der Waals surface area contributed by atoms with Gasteiger partial charge in [0.15, 0.2) is 23.0 Å². The summed E-state index contributed by atoms with van der Waals surface area (Å²) < 4.78 is 27.7. The maximum absolute atomic E-state index is 12.5. The second kappa shape index (κ2) is 7.55.